The van der Waals surface area contributed by atoms with Gasteiger partial charge in [-0.15, -0.1) is 11.8 Å². The molecule has 3 nitrogen and oxygen atoms in total. The van der Waals surface area contributed by atoms with Gasteiger partial charge in [-0.1, -0.05) is 18.2 Å². The minimum Gasteiger partial charge on any atom is -0.354 e. The molecule has 104 valence electrons. The van der Waals surface area contributed by atoms with Gasteiger partial charge in [0.2, 0.25) is 5.91 Å². The van der Waals surface area contributed by atoms with Gasteiger partial charge >= 0.3 is 0 Å². The van der Waals surface area contributed by atoms with E-state index in [2.05, 4.69) is 34.9 Å². The van der Waals surface area contributed by atoms with Gasteiger partial charge < -0.3 is 10.6 Å². The molecule has 0 saturated carbocycles. The molecule has 0 radical (unpaired) electrons. The molecule has 2 N–H and O–H groups in total. The summed E-state index contributed by atoms with van der Waals surface area (Å²) in [4.78, 5) is 12.9. The third-order valence-corrected chi connectivity index (χ3v) is 4.38. The van der Waals surface area contributed by atoms with Crippen LogP contribution in [0.1, 0.15) is 25.8 Å². The first-order valence-corrected chi connectivity index (χ1v) is 7.78. The quantitative estimate of drug-likeness (QED) is 0.784. The van der Waals surface area contributed by atoms with E-state index in [0.29, 0.717) is 11.7 Å². The lowest BCUT2D eigenvalue weighted by atomic mass is 10.1. The number of fused-ring (bicyclic) bond motifs is 1. The van der Waals surface area contributed by atoms with Crippen molar-refractivity contribution in [2.24, 2.45) is 0 Å². The van der Waals surface area contributed by atoms with Crippen LogP contribution < -0.4 is 10.6 Å². The Morgan fingerprint density at radius 3 is 2.95 bits per heavy atom. The van der Waals surface area contributed by atoms with Crippen LogP contribution >= 0.6 is 11.8 Å². The van der Waals surface area contributed by atoms with Gasteiger partial charge in [0, 0.05) is 35.7 Å². The highest BCUT2D eigenvalue weighted by molar-refractivity contribution is 8.00. The molecule has 1 aliphatic heterocycles. The Hall–Kier alpha value is -1.00. The highest BCUT2D eigenvalue weighted by atomic mass is 32.2. The lowest BCUT2D eigenvalue weighted by molar-refractivity contribution is -0.121. The predicted molar refractivity (Wildman–Crippen MR) is 80.6 cm³/mol. The summed E-state index contributed by atoms with van der Waals surface area (Å²) in [7, 11) is 0. The van der Waals surface area contributed by atoms with Crippen molar-refractivity contribution in [1.29, 1.82) is 0 Å². The van der Waals surface area contributed by atoms with Crippen molar-refractivity contribution in [1.82, 2.24) is 10.6 Å². The molecule has 0 fully saturated rings. The lowest BCUT2D eigenvalue weighted by Gasteiger charge is -2.11. The molecule has 1 aliphatic rings. The number of hydrogen-bond acceptors (Lipinski definition) is 3. The van der Waals surface area contributed by atoms with Gasteiger partial charge in [0.05, 0.1) is 0 Å². The summed E-state index contributed by atoms with van der Waals surface area (Å²) >= 11 is 1.94. The average Bonchev–Trinajstić information content (AvgIpc) is 2.76. The van der Waals surface area contributed by atoms with Crippen LogP contribution in [0.3, 0.4) is 0 Å². The smallest absolute Gasteiger partial charge is 0.221 e. The standard InChI is InChI=1S/C15H22N2OS/c1-11(2)17-15(18)7-8-16-10-13-9-12-5-3-4-6-14(12)19-13/h3-6,11,13,16H,7-10H2,1-2H3,(H,17,18). The topological polar surface area (TPSA) is 41.1 Å². The number of carbonyl (C=O) groups excluding carboxylic acids is 1. The summed E-state index contributed by atoms with van der Waals surface area (Å²) in [5.41, 5.74) is 1.46. The van der Waals surface area contributed by atoms with Crippen molar-refractivity contribution in [3.63, 3.8) is 0 Å². The van der Waals surface area contributed by atoms with E-state index in [1.807, 2.05) is 25.6 Å². The Morgan fingerprint density at radius 2 is 2.21 bits per heavy atom. The molecule has 0 bridgehead atoms. The van der Waals surface area contributed by atoms with E-state index in [1.54, 1.807) is 0 Å². The summed E-state index contributed by atoms with van der Waals surface area (Å²) in [6, 6.07) is 8.82. The molecule has 2 rings (SSSR count). The second kappa shape index (κ2) is 6.96. The number of amides is 1. The Kier molecular flexibility index (Phi) is 5.28. The van der Waals surface area contributed by atoms with Crippen LogP contribution in [0.4, 0.5) is 0 Å². The molecule has 0 aliphatic carbocycles. The van der Waals surface area contributed by atoms with Crippen molar-refractivity contribution in [2.45, 2.75) is 42.9 Å². The van der Waals surface area contributed by atoms with Gasteiger partial charge in [0.1, 0.15) is 0 Å². The average molecular weight is 278 g/mol. The first kappa shape index (κ1) is 14.4. The fourth-order valence-electron chi connectivity index (χ4n) is 2.23. The number of hydrogen-bond donors (Lipinski definition) is 2. The van der Waals surface area contributed by atoms with E-state index < -0.39 is 0 Å². The van der Waals surface area contributed by atoms with E-state index in [9.17, 15) is 4.79 Å². The van der Waals surface area contributed by atoms with E-state index in [0.717, 1.165) is 19.5 Å². The molecule has 19 heavy (non-hydrogen) atoms. The molecular weight excluding hydrogens is 256 g/mol. The monoisotopic (exact) mass is 278 g/mol. The van der Waals surface area contributed by atoms with Crippen LogP contribution in [-0.2, 0) is 11.2 Å². The molecule has 0 aromatic heterocycles. The van der Waals surface area contributed by atoms with Crippen LogP contribution in [0.25, 0.3) is 0 Å². The van der Waals surface area contributed by atoms with E-state index in [1.165, 1.54) is 10.5 Å². The fourth-order valence-corrected chi connectivity index (χ4v) is 3.51. The van der Waals surface area contributed by atoms with Crippen LogP contribution in [0.15, 0.2) is 29.2 Å². The van der Waals surface area contributed by atoms with Crippen LogP contribution in [0.2, 0.25) is 0 Å². The van der Waals surface area contributed by atoms with Gasteiger partial charge in [0.25, 0.3) is 0 Å². The molecule has 0 saturated heterocycles. The Labute approximate surface area is 119 Å². The first-order valence-electron chi connectivity index (χ1n) is 6.90. The van der Waals surface area contributed by atoms with Crippen molar-refractivity contribution in [3.05, 3.63) is 29.8 Å². The van der Waals surface area contributed by atoms with Crippen molar-refractivity contribution >= 4 is 17.7 Å². The fraction of sp³-hybridized carbons (Fsp3) is 0.533. The van der Waals surface area contributed by atoms with Gasteiger partial charge in [0.15, 0.2) is 0 Å². The highest BCUT2D eigenvalue weighted by Crippen LogP contribution is 2.36. The first-order chi connectivity index (χ1) is 9.15. The van der Waals surface area contributed by atoms with Crippen molar-refractivity contribution in [2.75, 3.05) is 13.1 Å². The summed E-state index contributed by atoms with van der Waals surface area (Å²) in [6.07, 6.45) is 1.69. The van der Waals surface area contributed by atoms with E-state index >= 15 is 0 Å². The SMILES string of the molecule is CC(C)NC(=O)CCNCC1Cc2ccccc2S1. The molecular formula is C15H22N2OS. The van der Waals surface area contributed by atoms with Gasteiger partial charge in [-0.2, -0.15) is 0 Å². The molecule has 1 aromatic carbocycles. The van der Waals surface area contributed by atoms with Crippen LogP contribution in [-0.4, -0.2) is 30.3 Å². The van der Waals surface area contributed by atoms with Gasteiger partial charge in [-0.3, -0.25) is 4.79 Å². The third kappa shape index (κ3) is 4.55. The summed E-state index contributed by atoms with van der Waals surface area (Å²) < 4.78 is 0. The summed E-state index contributed by atoms with van der Waals surface area (Å²) in [5.74, 6) is 0.130. The number of nitrogens with one attached hydrogen (secondary N) is 2. The molecule has 1 heterocycles. The molecule has 1 aromatic rings. The maximum Gasteiger partial charge on any atom is 0.221 e. The number of benzene rings is 1. The lowest BCUT2D eigenvalue weighted by Crippen LogP contribution is -2.34. The zero-order valence-electron chi connectivity index (χ0n) is 11.6. The molecule has 1 amide bonds. The Morgan fingerprint density at radius 1 is 1.42 bits per heavy atom. The number of carbonyl (C=O) groups is 1. The van der Waals surface area contributed by atoms with Crippen LogP contribution in [0, 0.1) is 0 Å². The van der Waals surface area contributed by atoms with Crippen LogP contribution in [0.5, 0.6) is 0 Å². The third-order valence-electron chi connectivity index (χ3n) is 3.06. The maximum absolute atomic E-state index is 11.5. The number of rotatable bonds is 6. The Balaban J connectivity index is 1.62. The van der Waals surface area contributed by atoms with E-state index in [-0.39, 0.29) is 11.9 Å². The predicted octanol–water partition coefficient (Wildman–Crippen LogP) is 2.21. The maximum atomic E-state index is 11.5. The van der Waals surface area contributed by atoms with Gasteiger partial charge in [-0.05, 0) is 31.9 Å². The second-order valence-corrected chi connectivity index (χ2v) is 6.57. The highest BCUT2D eigenvalue weighted by Gasteiger charge is 2.21. The minimum absolute atomic E-state index is 0.130. The zero-order chi connectivity index (χ0) is 13.7. The molecule has 1 atom stereocenters. The van der Waals surface area contributed by atoms with Crippen molar-refractivity contribution < 1.29 is 4.79 Å². The van der Waals surface area contributed by atoms with Gasteiger partial charge in [-0.25, -0.2) is 0 Å². The molecule has 4 heteroatoms. The summed E-state index contributed by atoms with van der Waals surface area (Å²) in [5, 5.41) is 6.89. The second-order valence-electron chi connectivity index (χ2n) is 5.23. The largest absolute Gasteiger partial charge is 0.354 e. The van der Waals surface area contributed by atoms with Crippen molar-refractivity contribution in [3.8, 4) is 0 Å². The minimum atomic E-state index is 0.130. The van der Waals surface area contributed by atoms with E-state index in [4.69, 9.17) is 0 Å². The molecule has 1 unspecified atom stereocenters. The Bertz CT molecular complexity index is 409. The summed E-state index contributed by atoms with van der Waals surface area (Å²) in [6.45, 7) is 5.69. The zero-order valence-corrected chi connectivity index (χ0v) is 12.4. The molecule has 0 spiro atoms. The normalized spacial score (nSPS) is 17.5. The number of thioether (sulfide) groups is 1.